The highest BCUT2D eigenvalue weighted by atomic mass is 35.5. The van der Waals surface area contributed by atoms with Crippen molar-refractivity contribution >= 4 is 17.5 Å². The third kappa shape index (κ3) is 2.95. The number of nitrogens with one attached hydrogen (secondary N) is 1. The molecule has 110 valence electrons. The maximum atomic E-state index is 12.2. The van der Waals surface area contributed by atoms with E-state index in [9.17, 15) is 4.79 Å². The molecule has 0 saturated carbocycles. The molecule has 1 amide bonds. The molecule has 1 N–H and O–H groups in total. The number of rotatable bonds is 4. The molecule has 2 aromatic rings. The average Bonchev–Trinajstić information content (AvgIpc) is 3.09. The van der Waals surface area contributed by atoms with E-state index < -0.39 is 0 Å². The number of aromatic nitrogens is 2. The number of amides is 1. The summed E-state index contributed by atoms with van der Waals surface area (Å²) in [5.41, 5.74) is 0.441. The summed E-state index contributed by atoms with van der Waals surface area (Å²) in [5, 5.41) is 7.37. The highest BCUT2D eigenvalue weighted by Gasteiger charge is 2.21. The van der Waals surface area contributed by atoms with E-state index in [2.05, 4.69) is 10.4 Å². The summed E-state index contributed by atoms with van der Waals surface area (Å²) >= 11 is 6.07. The third-order valence-corrected chi connectivity index (χ3v) is 3.37. The maximum Gasteiger partial charge on any atom is 0.251 e. The molecule has 1 atom stereocenters. The minimum Gasteiger partial charge on any atom is -0.454 e. The largest absolute Gasteiger partial charge is 0.454 e. The Labute approximate surface area is 126 Å². The van der Waals surface area contributed by atoms with Crippen LogP contribution in [0.25, 0.3) is 0 Å². The van der Waals surface area contributed by atoms with E-state index in [1.807, 2.05) is 19.2 Å². The van der Waals surface area contributed by atoms with E-state index in [1.165, 1.54) is 0 Å². The lowest BCUT2D eigenvalue weighted by Gasteiger charge is -2.14. The number of hydrogen-bond donors (Lipinski definition) is 1. The molecule has 0 radical (unpaired) electrons. The van der Waals surface area contributed by atoms with E-state index in [0.717, 1.165) is 0 Å². The van der Waals surface area contributed by atoms with Crippen LogP contribution in [0.3, 0.4) is 0 Å². The van der Waals surface area contributed by atoms with Crippen LogP contribution in [0.2, 0.25) is 5.02 Å². The molecule has 7 heteroatoms. The lowest BCUT2D eigenvalue weighted by molar-refractivity contribution is 0.0935. The van der Waals surface area contributed by atoms with E-state index in [1.54, 1.807) is 23.0 Å². The van der Waals surface area contributed by atoms with Gasteiger partial charge in [-0.05, 0) is 25.1 Å². The lowest BCUT2D eigenvalue weighted by Crippen LogP contribution is -2.35. The Morgan fingerprint density at radius 1 is 1.52 bits per heavy atom. The van der Waals surface area contributed by atoms with Crippen molar-refractivity contribution in [1.29, 1.82) is 0 Å². The Kier molecular flexibility index (Phi) is 3.70. The first-order chi connectivity index (χ1) is 10.1. The van der Waals surface area contributed by atoms with Crippen LogP contribution >= 0.6 is 11.6 Å². The molecule has 21 heavy (non-hydrogen) atoms. The summed E-state index contributed by atoms with van der Waals surface area (Å²) in [6, 6.07) is 4.98. The highest BCUT2D eigenvalue weighted by molar-refractivity contribution is 6.32. The molecule has 2 heterocycles. The molecule has 1 aromatic carbocycles. The quantitative estimate of drug-likeness (QED) is 0.939. The fraction of sp³-hybridized carbons (Fsp3) is 0.286. The van der Waals surface area contributed by atoms with E-state index >= 15 is 0 Å². The minimum absolute atomic E-state index is 0.0680. The number of hydrogen-bond acceptors (Lipinski definition) is 4. The first-order valence-corrected chi connectivity index (χ1v) is 6.88. The van der Waals surface area contributed by atoms with Gasteiger partial charge in [-0.1, -0.05) is 11.6 Å². The zero-order chi connectivity index (χ0) is 14.8. The molecular weight excluding hydrogens is 294 g/mol. The first kappa shape index (κ1) is 13.8. The summed E-state index contributed by atoms with van der Waals surface area (Å²) in [6.07, 6.45) is 3.55. The Balaban J connectivity index is 1.69. The van der Waals surface area contributed by atoms with E-state index in [4.69, 9.17) is 21.1 Å². The van der Waals surface area contributed by atoms with Crippen molar-refractivity contribution in [1.82, 2.24) is 15.1 Å². The summed E-state index contributed by atoms with van der Waals surface area (Å²) in [7, 11) is 0. The number of carbonyl (C=O) groups excluding carboxylic acids is 1. The molecule has 0 spiro atoms. The predicted octanol–water partition coefficient (Wildman–Crippen LogP) is 2.08. The van der Waals surface area contributed by atoms with Gasteiger partial charge in [0, 0.05) is 24.0 Å². The predicted molar refractivity (Wildman–Crippen MR) is 76.7 cm³/mol. The van der Waals surface area contributed by atoms with Crippen LogP contribution in [0.1, 0.15) is 17.3 Å². The molecule has 3 rings (SSSR count). The standard InChI is InChI=1S/C14H14ClN3O3/c1-9(7-18-4-2-3-16-18)17-14(19)10-5-11(15)13-12(6-10)20-8-21-13/h2-6,9H,7-8H2,1H3,(H,17,19)/t9-/m0/s1. The molecule has 0 fully saturated rings. The topological polar surface area (TPSA) is 65.4 Å². The number of benzene rings is 1. The van der Waals surface area contributed by atoms with E-state index in [-0.39, 0.29) is 18.7 Å². The van der Waals surface area contributed by atoms with Crippen molar-refractivity contribution in [3.8, 4) is 11.5 Å². The average molecular weight is 308 g/mol. The van der Waals surface area contributed by atoms with Gasteiger partial charge in [0.05, 0.1) is 11.6 Å². The van der Waals surface area contributed by atoms with Crippen LogP contribution in [0.4, 0.5) is 0 Å². The van der Waals surface area contributed by atoms with Crippen molar-refractivity contribution in [3.05, 3.63) is 41.2 Å². The second kappa shape index (κ2) is 5.65. The Morgan fingerprint density at radius 2 is 2.38 bits per heavy atom. The van der Waals surface area contributed by atoms with Crippen LogP contribution in [-0.4, -0.2) is 28.5 Å². The van der Waals surface area contributed by atoms with Crippen molar-refractivity contribution in [2.45, 2.75) is 19.5 Å². The van der Waals surface area contributed by atoms with Gasteiger partial charge in [-0.25, -0.2) is 0 Å². The fourth-order valence-corrected chi connectivity index (χ4v) is 2.41. The van der Waals surface area contributed by atoms with Gasteiger partial charge in [-0.3, -0.25) is 9.48 Å². The van der Waals surface area contributed by atoms with Gasteiger partial charge >= 0.3 is 0 Å². The molecule has 0 unspecified atom stereocenters. The summed E-state index contributed by atoms with van der Waals surface area (Å²) in [6.45, 7) is 2.63. The van der Waals surface area contributed by atoms with Gasteiger partial charge in [-0.2, -0.15) is 5.10 Å². The fourth-order valence-electron chi connectivity index (χ4n) is 2.14. The smallest absolute Gasteiger partial charge is 0.251 e. The molecule has 6 nitrogen and oxygen atoms in total. The van der Waals surface area contributed by atoms with Gasteiger partial charge in [0.25, 0.3) is 5.91 Å². The second-order valence-corrected chi connectivity index (χ2v) is 5.20. The van der Waals surface area contributed by atoms with Crippen LogP contribution in [0.15, 0.2) is 30.6 Å². The highest BCUT2D eigenvalue weighted by Crippen LogP contribution is 2.39. The van der Waals surface area contributed by atoms with Crippen LogP contribution in [0.5, 0.6) is 11.5 Å². The van der Waals surface area contributed by atoms with Crippen LogP contribution < -0.4 is 14.8 Å². The Bertz CT molecular complexity index is 658. The molecular formula is C14H14ClN3O3. The summed E-state index contributed by atoms with van der Waals surface area (Å²) < 4.78 is 12.2. The number of ether oxygens (including phenoxy) is 2. The number of fused-ring (bicyclic) bond motifs is 1. The zero-order valence-corrected chi connectivity index (χ0v) is 12.1. The zero-order valence-electron chi connectivity index (χ0n) is 11.4. The number of halogens is 1. The number of nitrogens with zero attached hydrogens (tertiary/aromatic N) is 2. The van der Waals surface area contributed by atoms with Gasteiger partial charge in [0.15, 0.2) is 11.5 Å². The lowest BCUT2D eigenvalue weighted by atomic mass is 10.1. The van der Waals surface area contributed by atoms with Crippen LogP contribution in [0, 0.1) is 0 Å². The summed E-state index contributed by atoms with van der Waals surface area (Å²) in [5.74, 6) is 0.764. The molecule has 0 saturated heterocycles. The molecule has 0 aliphatic carbocycles. The van der Waals surface area contributed by atoms with E-state index in [0.29, 0.717) is 28.6 Å². The third-order valence-electron chi connectivity index (χ3n) is 3.09. The Hall–Kier alpha value is -2.21. The monoisotopic (exact) mass is 307 g/mol. The molecule has 1 aliphatic rings. The number of carbonyl (C=O) groups is 1. The van der Waals surface area contributed by atoms with Gasteiger partial charge in [0.2, 0.25) is 6.79 Å². The van der Waals surface area contributed by atoms with Crippen LogP contribution in [-0.2, 0) is 6.54 Å². The molecule has 1 aromatic heterocycles. The maximum absolute atomic E-state index is 12.2. The van der Waals surface area contributed by atoms with Crippen molar-refractivity contribution in [3.63, 3.8) is 0 Å². The van der Waals surface area contributed by atoms with Gasteiger partial charge in [-0.15, -0.1) is 0 Å². The SMILES string of the molecule is C[C@@H](Cn1cccn1)NC(=O)c1cc(Cl)c2c(c1)OCO2. The summed E-state index contributed by atoms with van der Waals surface area (Å²) in [4.78, 5) is 12.2. The van der Waals surface area contributed by atoms with Crippen molar-refractivity contribution in [2.24, 2.45) is 0 Å². The van der Waals surface area contributed by atoms with Crippen molar-refractivity contribution in [2.75, 3.05) is 6.79 Å². The molecule has 1 aliphatic heterocycles. The second-order valence-electron chi connectivity index (χ2n) is 4.79. The first-order valence-electron chi connectivity index (χ1n) is 6.51. The van der Waals surface area contributed by atoms with Crippen molar-refractivity contribution < 1.29 is 14.3 Å². The minimum atomic E-state index is -0.213. The van der Waals surface area contributed by atoms with Gasteiger partial charge in [0.1, 0.15) is 0 Å². The Morgan fingerprint density at radius 3 is 3.14 bits per heavy atom. The normalized spacial score (nSPS) is 14.0. The molecule has 0 bridgehead atoms. The van der Waals surface area contributed by atoms with Gasteiger partial charge < -0.3 is 14.8 Å².